The van der Waals surface area contributed by atoms with E-state index in [2.05, 4.69) is 17.4 Å². The van der Waals surface area contributed by atoms with Crippen LogP contribution in [0.1, 0.15) is 35.7 Å². The van der Waals surface area contributed by atoms with E-state index in [4.69, 9.17) is 9.47 Å². The lowest BCUT2D eigenvalue weighted by Crippen LogP contribution is -2.44. The van der Waals surface area contributed by atoms with Crippen molar-refractivity contribution in [1.82, 2.24) is 9.88 Å². The summed E-state index contributed by atoms with van der Waals surface area (Å²) in [5.74, 6) is 0.844. The molecule has 29 heavy (non-hydrogen) atoms. The number of nitrogens with one attached hydrogen (secondary N) is 1. The number of aryl methyl sites for hydroxylation is 1. The Hall–Kier alpha value is -2.79. The minimum absolute atomic E-state index is 0.0291. The van der Waals surface area contributed by atoms with Gasteiger partial charge in [0.05, 0.1) is 6.61 Å². The van der Waals surface area contributed by atoms with Crippen LogP contribution in [0, 0.1) is 0 Å². The molecule has 5 heteroatoms. The Bertz CT molecular complexity index is 985. The summed E-state index contributed by atoms with van der Waals surface area (Å²) in [5, 5.41) is 4.20. The van der Waals surface area contributed by atoms with Gasteiger partial charge in [-0.05, 0) is 55.7 Å². The molecular formula is C24H28N2O3. The van der Waals surface area contributed by atoms with E-state index in [0.717, 1.165) is 35.1 Å². The predicted octanol–water partition coefficient (Wildman–Crippen LogP) is 4.06. The number of carbonyl (C=O) groups is 1. The van der Waals surface area contributed by atoms with Crippen molar-refractivity contribution >= 4 is 16.8 Å². The summed E-state index contributed by atoms with van der Waals surface area (Å²) in [6.07, 6.45) is 3.76. The fourth-order valence-corrected chi connectivity index (χ4v) is 4.25. The molecule has 0 radical (unpaired) electrons. The standard InChI is InChI=1S/C24H28N2O3/c1-3-29-19-9-7-18(8-10-19)24(12-15-28-16-13-24)17-25-23(27)21-5-4-6-22-20(21)11-14-26(22)2/h4-11,14H,3,12-13,15-17H2,1-2H3,(H,25,27). The molecule has 1 fully saturated rings. The van der Waals surface area contributed by atoms with Crippen molar-refractivity contribution in [2.45, 2.75) is 25.2 Å². The average molecular weight is 392 g/mol. The third kappa shape index (κ3) is 3.87. The molecule has 0 saturated carbocycles. The Morgan fingerprint density at radius 2 is 1.90 bits per heavy atom. The highest BCUT2D eigenvalue weighted by Gasteiger charge is 2.35. The molecule has 2 aromatic carbocycles. The first kappa shape index (κ1) is 19.5. The number of rotatable bonds is 6. The van der Waals surface area contributed by atoms with Crippen molar-refractivity contribution in [3.05, 3.63) is 65.9 Å². The normalized spacial score (nSPS) is 15.9. The SMILES string of the molecule is CCOc1ccc(C2(CNC(=O)c3cccc4c3ccn4C)CCOCC2)cc1. The van der Waals surface area contributed by atoms with Gasteiger partial charge in [-0.3, -0.25) is 4.79 Å². The molecule has 5 nitrogen and oxygen atoms in total. The van der Waals surface area contributed by atoms with Gasteiger partial charge in [0.1, 0.15) is 5.75 Å². The van der Waals surface area contributed by atoms with Crippen molar-refractivity contribution in [2.75, 3.05) is 26.4 Å². The number of nitrogens with zero attached hydrogens (tertiary/aromatic N) is 1. The second kappa shape index (κ2) is 8.29. The first-order valence-electron chi connectivity index (χ1n) is 10.3. The number of hydrogen-bond donors (Lipinski definition) is 1. The van der Waals surface area contributed by atoms with Crippen molar-refractivity contribution in [3.63, 3.8) is 0 Å². The first-order valence-corrected chi connectivity index (χ1v) is 10.3. The Morgan fingerprint density at radius 3 is 2.62 bits per heavy atom. The lowest BCUT2D eigenvalue weighted by Gasteiger charge is -2.38. The molecule has 1 aliphatic heterocycles. The average Bonchev–Trinajstić information content (AvgIpc) is 3.14. The van der Waals surface area contributed by atoms with Gasteiger partial charge < -0.3 is 19.4 Å². The Balaban J connectivity index is 1.56. The van der Waals surface area contributed by atoms with Crippen molar-refractivity contribution < 1.29 is 14.3 Å². The van der Waals surface area contributed by atoms with Gasteiger partial charge in [0.2, 0.25) is 0 Å². The van der Waals surface area contributed by atoms with Crippen LogP contribution in [0.2, 0.25) is 0 Å². The fraction of sp³-hybridized carbons (Fsp3) is 0.375. The number of carbonyl (C=O) groups excluding carboxylic acids is 1. The third-order valence-corrected chi connectivity index (χ3v) is 5.99. The number of amides is 1. The van der Waals surface area contributed by atoms with E-state index in [-0.39, 0.29) is 11.3 Å². The largest absolute Gasteiger partial charge is 0.494 e. The zero-order chi connectivity index (χ0) is 20.3. The van der Waals surface area contributed by atoms with Crippen LogP contribution in [0.3, 0.4) is 0 Å². The van der Waals surface area contributed by atoms with Crippen molar-refractivity contribution in [3.8, 4) is 5.75 Å². The Labute approximate surface area is 171 Å². The number of aromatic nitrogens is 1. The number of ether oxygens (including phenoxy) is 2. The number of benzene rings is 2. The van der Waals surface area contributed by atoms with Gasteiger partial charge in [0.15, 0.2) is 0 Å². The van der Waals surface area contributed by atoms with Crippen LogP contribution >= 0.6 is 0 Å². The lowest BCUT2D eigenvalue weighted by molar-refractivity contribution is 0.0487. The van der Waals surface area contributed by atoms with Crippen LogP contribution in [0.5, 0.6) is 5.75 Å². The summed E-state index contributed by atoms with van der Waals surface area (Å²) in [6, 6.07) is 16.2. The summed E-state index contributed by atoms with van der Waals surface area (Å²) in [7, 11) is 1.99. The molecule has 1 N–H and O–H groups in total. The summed E-state index contributed by atoms with van der Waals surface area (Å²) < 4.78 is 13.2. The van der Waals surface area contributed by atoms with E-state index in [9.17, 15) is 4.79 Å². The highest BCUT2D eigenvalue weighted by molar-refractivity contribution is 6.06. The van der Waals surface area contributed by atoms with Gasteiger partial charge in [-0.1, -0.05) is 18.2 Å². The Morgan fingerprint density at radius 1 is 1.14 bits per heavy atom. The molecule has 0 aliphatic carbocycles. The quantitative estimate of drug-likeness (QED) is 0.688. The molecule has 0 atom stereocenters. The summed E-state index contributed by atoms with van der Waals surface area (Å²) in [5.41, 5.74) is 2.88. The summed E-state index contributed by atoms with van der Waals surface area (Å²) in [4.78, 5) is 13.1. The third-order valence-electron chi connectivity index (χ3n) is 5.99. The van der Waals surface area contributed by atoms with Crippen molar-refractivity contribution in [1.29, 1.82) is 0 Å². The van der Waals surface area contributed by atoms with Crippen LogP contribution in [-0.2, 0) is 17.2 Å². The lowest BCUT2D eigenvalue weighted by atomic mass is 9.74. The van der Waals surface area contributed by atoms with E-state index in [1.165, 1.54) is 5.56 Å². The van der Waals surface area contributed by atoms with E-state index >= 15 is 0 Å². The number of fused-ring (bicyclic) bond motifs is 1. The smallest absolute Gasteiger partial charge is 0.251 e. The van der Waals surface area contributed by atoms with E-state index in [1.807, 2.05) is 61.1 Å². The second-order valence-corrected chi connectivity index (χ2v) is 7.70. The zero-order valence-electron chi connectivity index (χ0n) is 17.1. The van der Waals surface area contributed by atoms with E-state index in [0.29, 0.717) is 26.4 Å². The maximum Gasteiger partial charge on any atom is 0.251 e. The second-order valence-electron chi connectivity index (χ2n) is 7.70. The molecule has 1 aliphatic rings. The molecule has 2 heterocycles. The monoisotopic (exact) mass is 392 g/mol. The molecule has 3 aromatic rings. The molecular weight excluding hydrogens is 364 g/mol. The van der Waals surface area contributed by atoms with Gasteiger partial charge in [-0.15, -0.1) is 0 Å². The maximum atomic E-state index is 13.1. The van der Waals surface area contributed by atoms with Crippen LogP contribution in [-0.4, -0.2) is 36.8 Å². The number of hydrogen-bond acceptors (Lipinski definition) is 3. The van der Waals surface area contributed by atoms with Crippen LogP contribution < -0.4 is 10.1 Å². The molecule has 1 aromatic heterocycles. The van der Waals surface area contributed by atoms with Crippen molar-refractivity contribution in [2.24, 2.45) is 7.05 Å². The fourth-order valence-electron chi connectivity index (χ4n) is 4.25. The van der Waals surface area contributed by atoms with E-state index in [1.54, 1.807) is 0 Å². The minimum atomic E-state index is -0.122. The highest BCUT2D eigenvalue weighted by Crippen LogP contribution is 2.35. The summed E-state index contributed by atoms with van der Waals surface area (Å²) in [6.45, 7) is 4.64. The topological polar surface area (TPSA) is 52.5 Å². The molecule has 4 rings (SSSR count). The van der Waals surface area contributed by atoms with Gasteiger partial charge in [-0.2, -0.15) is 0 Å². The first-order chi connectivity index (χ1) is 14.1. The molecule has 152 valence electrons. The van der Waals surface area contributed by atoms with Gasteiger partial charge in [0.25, 0.3) is 5.91 Å². The van der Waals surface area contributed by atoms with Gasteiger partial charge in [-0.25, -0.2) is 0 Å². The zero-order valence-corrected chi connectivity index (χ0v) is 17.1. The molecule has 1 amide bonds. The molecule has 1 saturated heterocycles. The van der Waals surface area contributed by atoms with Crippen LogP contribution in [0.4, 0.5) is 0 Å². The van der Waals surface area contributed by atoms with Gasteiger partial charge >= 0.3 is 0 Å². The maximum absolute atomic E-state index is 13.1. The summed E-state index contributed by atoms with van der Waals surface area (Å²) >= 11 is 0. The molecule has 0 spiro atoms. The predicted molar refractivity (Wildman–Crippen MR) is 115 cm³/mol. The molecule has 0 bridgehead atoms. The molecule has 0 unspecified atom stereocenters. The van der Waals surface area contributed by atoms with Crippen LogP contribution in [0.25, 0.3) is 10.9 Å². The minimum Gasteiger partial charge on any atom is -0.494 e. The van der Waals surface area contributed by atoms with E-state index < -0.39 is 0 Å². The highest BCUT2D eigenvalue weighted by atomic mass is 16.5. The van der Waals surface area contributed by atoms with Gasteiger partial charge in [0, 0.05) is 54.9 Å². The van der Waals surface area contributed by atoms with Crippen LogP contribution in [0.15, 0.2) is 54.7 Å². The Kier molecular flexibility index (Phi) is 5.58.